The smallest absolute Gasteiger partial charge is 0.241 e. The molecule has 2 heterocycles. The lowest BCUT2D eigenvalue weighted by molar-refractivity contribution is -0.136. The summed E-state index contributed by atoms with van der Waals surface area (Å²) in [6, 6.07) is 0.616. The summed E-state index contributed by atoms with van der Waals surface area (Å²) in [4.78, 5) is 27.8. The summed E-state index contributed by atoms with van der Waals surface area (Å²) >= 11 is 0. The molecule has 0 aromatic carbocycles. The van der Waals surface area contributed by atoms with E-state index in [1.54, 1.807) is 0 Å². The summed E-state index contributed by atoms with van der Waals surface area (Å²) in [6.45, 7) is 7.15. The normalized spacial score (nSPS) is 25.6. The van der Waals surface area contributed by atoms with Crippen LogP contribution in [0, 0.1) is 0 Å². The van der Waals surface area contributed by atoms with Gasteiger partial charge in [0.15, 0.2) is 0 Å². The zero-order valence-electron chi connectivity index (χ0n) is 12.7. The zero-order valence-corrected chi connectivity index (χ0v) is 12.7. The van der Waals surface area contributed by atoms with Crippen LogP contribution in [0.4, 0.5) is 0 Å². The maximum Gasteiger partial charge on any atom is 0.241 e. The van der Waals surface area contributed by atoms with Gasteiger partial charge in [-0.3, -0.25) is 14.9 Å². The minimum Gasteiger partial charge on any atom is -0.353 e. The SMILES string of the molecule is CC(C)N1CCC(N(C)C(=O)C2CNC(=O)CN2)CC1. The average molecular weight is 282 g/mol. The lowest BCUT2D eigenvalue weighted by Crippen LogP contribution is -2.60. The Morgan fingerprint density at radius 3 is 2.50 bits per heavy atom. The highest BCUT2D eigenvalue weighted by Crippen LogP contribution is 2.18. The van der Waals surface area contributed by atoms with Crippen molar-refractivity contribution in [3.63, 3.8) is 0 Å². The van der Waals surface area contributed by atoms with E-state index in [0.29, 0.717) is 18.6 Å². The topological polar surface area (TPSA) is 64.7 Å². The lowest BCUT2D eigenvalue weighted by Gasteiger charge is -2.40. The van der Waals surface area contributed by atoms with Gasteiger partial charge in [-0.05, 0) is 26.7 Å². The standard InChI is InChI=1S/C14H26N4O2/c1-10(2)18-6-4-11(5-7-18)17(3)14(20)12-8-16-13(19)9-15-12/h10-12,15H,4-9H2,1-3H3,(H,16,19). The van der Waals surface area contributed by atoms with Crippen molar-refractivity contribution in [2.45, 2.75) is 44.8 Å². The van der Waals surface area contributed by atoms with Crippen LogP contribution in [0.5, 0.6) is 0 Å². The molecular weight excluding hydrogens is 256 g/mol. The van der Waals surface area contributed by atoms with Gasteiger partial charge >= 0.3 is 0 Å². The number of carbonyl (C=O) groups is 2. The number of hydrogen-bond acceptors (Lipinski definition) is 4. The van der Waals surface area contributed by atoms with E-state index >= 15 is 0 Å². The lowest BCUT2D eigenvalue weighted by atomic mass is 10.0. The van der Waals surface area contributed by atoms with Crippen LogP contribution in [0.1, 0.15) is 26.7 Å². The van der Waals surface area contributed by atoms with Gasteiger partial charge in [-0.2, -0.15) is 0 Å². The number of rotatable bonds is 3. The Balaban J connectivity index is 1.83. The molecule has 0 aromatic rings. The first-order valence-electron chi connectivity index (χ1n) is 7.50. The van der Waals surface area contributed by atoms with Crippen molar-refractivity contribution >= 4 is 11.8 Å². The van der Waals surface area contributed by atoms with Gasteiger partial charge in [0.1, 0.15) is 6.04 Å². The van der Waals surface area contributed by atoms with E-state index < -0.39 is 0 Å². The summed E-state index contributed by atoms with van der Waals surface area (Å²) < 4.78 is 0. The second-order valence-corrected chi connectivity index (χ2v) is 6.05. The third-order valence-electron chi connectivity index (χ3n) is 4.44. The summed E-state index contributed by atoms with van der Waals surface area (Å²) in [5, 5.41) is 5.74. The van der Waals surface area contributed by atoms with Crippen LogP contribution >= 0.6 is 0 Å². The molecule has 0 aromatic heterocycles. The highest BCUT2D eigenvalue weighted by atomic mass is 16.2. The maximum absolute atomic E-state index is 12.4. The number of nitrogens with one attached hydrogen (secondary N) is 2. The first-order valence-corrected chi connectivity index (χ1v) is 7.50. The predicted octanol–water partition coefficient (Wildman–Crippen LogP) is -0.594. The van der Waals surface area contributed by atoms with Crippen molar-refractivity contribution in [3.05, 3.63) is 0 Å². The largest absolute Gasteiger partial charge is 0.353 e. The summed E-state index contributed by atoms with van der Waals surface area (Å²) in [5.74, 6) is 0.0509. The molecule has 114 valence electrons. The highest BCUT2D eigenvalue weighted by Gasteiger charge is 2.31. The van der Waals surface area contributed by atoms with Crippen LogP contribution < -0.4 is 10.6 Å². The van der Waals surface area contributed by atoms with E-state index in [-0.39, 0.29) is 24.4 Å². The zero-order chi connectivity index (χ0) is 14.7. The third-order valence-corrected chi connectivity index (χ3v) is 4.44. The quantitative estimate of drug-likeness (QED) is 0.726. The molecule has 2 aliphatic heterocycles. The van der Waals surface area contributed by atoms with Crippen molar-refractivity contribution in [3.8, 4) is 0 Å². The fraction of sp³-hybridized carbons (Fsp3) is 0.857. The molecule has 2 aliphatic rings. The number of amides is 2. The highest BCUT2D eigenvalue weighted by molar-refractivity contribution is 5.86. The monoisotopic (exact) mass is 282 g/mol. The van der Waals surface area contributed by atoms with Gasteiger partial charge in [0, 0.05) is 38.8 Å². The maximum atomic E-state index is 12.4. The number of likely N-dealkylation sites (tertiary alicyclic amines) is 1. The number of carbonyl (C=O) groups excluding carboxylic acids is 2. The average Bonchev–Trinajstić information content (AvgIpc) is 2.46. The van der Waals surface area contributed by atoms with Crippen molar-refractivity contribution in [1.82, 2.24) is 20.4 Å². The fourth-order valence-electron chi connectivity index (χ4n) is 2.96. The number of nitrogens with zero attached hydrogens (tertiary/aromatic N) is 2. The van der Waals surface area contributed by atoms with Crippen molar-refractivity contribution in [2.75, 3.05) is 33.2 Å². The molecule has 0 radical (unpaired) electrons. The number of likely N-dealkylation sites (N-methyl/N-ethyl adjacent to an activating group) is 1. The number of piperidine rings is 1. The first kappa shape index (κ1) is 15.3. The van der Waals surface area contributed by atoms with Gasteiger partial charge in [-0.15, -0.1) is 0 Å². The second kappa shape index (κ2) is 6.54. The van der Waals surface area contributed by atoms with E-state index in [4.69, 9.17) is 0 Å². The van der Waals surface area contributed by atoms with Crippen LogP contribution in [-0.2, 0) is 9.59 Å². The molecule has 6 nitrogen and oxygen atoms in total. The summed E-state index contributed by atoms with van der Waals surface area (Å²) in [5.41, 5.74) is 0. The van der Waals surface area contributed by atoms with Crippen LogP contribution in [0.25, 0.3) is 0 Å². The minimum absolute atomic E-state index is 0.0399. The fourth-order valence-corrected chi connectivity index (χ4v) is 2.96. The molecule has 2 amide bonds. The van der Waals surface area contributed by atoms with E-state index in [9.17, 15) is 9.59 Å². The Morgan fingerprint density at radius 2 is 2.00 bits per heavy atom. The van der Waals surface area contributed by atoms with Gasteiger partial charge in [0.25, 0.3) is 0 Å². The molecule has 1 unspecified atom stereocenters. The Morgan fingerprint density at radius 1 is 1.35 bits per heavy atom. The third kappa shape index (κ3) is 3.49. The molecular formula is C14H26N4O2. The molecule has 2 fully saturated rings. The van der Waals surface area contributed by atoms with Crippen LogP contribution in [0.2, 0.25) is 0 Å². The van der Waals surface area contributed by atoms with Gasteiger partial charge < -0.3 is 15.1 Å². The summed E-state index contributed by atoms with van der Waals surface area (Å²) in [7, 11) is 1.89. The molecule has 20 heavy (non-hydrogen) atoms. The van der Waals surface area contributed by atoms with Gasteiger partial charge in [-0.1, -0.05) is 0 Å². The van der Waals surface area contributed by atoms with E-state index in [2.05, 4.69) is 29.4 Å². The Labute approximate surface area is 120 Å². The minimum atomic E-state index is -0.277. The van der Waals surface area contributed by atoms with E-state index in [0.717, 1.165) is 25.9 Å². The Hall–Kier alpha value is -1.14. The van der Waals surface area contributed by atoms with Gasteiger partial charge in [-0.25, -0.2) is 0 Å². The molecule has 0 bridgehead atoms. The molecule has 1 atom stereocenters. The Kier molecular flexibility index (Phi) is 4.99. The number of piperazine rings is 1. The van der Waals surface area contributed by atoms with E-state index in [1.807, 2.05) is 11.9 Å². The van der Waals surface area contributed by atoms with Crippen LogP contribution in [0.15, 0.2) is 0 Å². The van der Waals surface area contributed by atoms with E-state index in [1.165, 1.54) is 0 Å². The number of hydrogen-bond donors (Lipinski definition) is 2. The van der Waals surface area contributed by atoms with Crippen LogP contribution in [-0.4, -0.2) is 73.0 Å². The first-order chi connectivity index (χ1) is 9.49. The van der Waals surface area contributed by atoms with Crippen molar-refractivity contribution < 1.29 is 9.59 Å². The molecule has 2 saturated heterocycles. The molecule has 2 N–H and O–H groups in total. The van der Waals surface area contributed by atoms with Crippen LogP contribution in [0.3, 0.4) is 0 Å². The van der Waals surface area contributed by atoms with Crippen molar-refractivity contribution in [1.29, 1.82) is 0 Å². The molecule has 0 saturated carbocycles. The van der Waals surface area contributed by atoms with Gasteiger partial charge in [0.05, 0.1) is 6.54 Å². The van der Waals surface area contributed by atoms with Crippen molar-refractivity contribution in [2.24, 2.45) is 0 Å². The molecule has 0 aliphatic carbocycles. The molecule has 6 heteroatoms. The molecule has 2 rings (SSSR count). The molecule has 0 spiro atoms. The second-order valence-electron chi connectivity index (χ2n) is 6.05. The Bertz CT molecular complexity index is 354. The predicted molar refractivity (Wildman–Crippen MR) is 77.3 cm³/mol. The summed E-state index contributed by atoms with van der Waals surface area (Å²) in [6.07, 6.45) is 2.05. The van der Waals surface area contributed by atoms with Gasteiger partial charge in [0.2, 0.25) is 11.8 Å².